The fraction of sp³-hybridized carbons (Fsp3) is 0.667. The van der Waals surface area contributed by atoms with Crippen LogP contribution in [0, 0.1) is 0 Å². The molecule has 0 unspecified atom stereocenters. The Morgan fingerprint density at radius 2 is 0.462 bits per heavy atom. The number of rotatable bonds is 2. The molecule has 3 heteroatoms. The zero-order valence-corrected chi connectivity index (χ0v) is 32.6. The summed E-state index contributed by atoms with van der Waals surface area (Å²) in [5, 5.41) is 5.14. The summed E-state index contributed by atoms with van der Waals surface area (Å²) in [6.45, 7) is 44.0. The topological polar surface area (TPSA) is 0 Å². The van der Waals surface area contributed by atoms with E-state index in [1.807, 2.05) is 0 Å². The standard InChI is InChI=1S/2C18H33P.Pd/c2*1-16(2,3)19(17(4,5)6,18(7,8)9)15-13-11-10-12-14-15;/h2*10-14,19H,1-9H3;. The minimum Gasteiger partial charge on any atom is 0 e. The smallest absolute Gasteiger partial charge is 0 e. The van der Waals surface area contributed by atoms with Crippen LogP contribution in [0.1, 0.15) is 125 Å². The maximum atomic E-state index is 2.45. The third-order valence-corrected chi connectivity index (χ3v) is 25.1. The molecule has 0 heterocycles. The fourth-order valence-corrected chi connectivity index (χ4v) is 30.8. The molecule has 0 aliphatic carbocycles. The molecule has 39 heavy (non-hydrogen) atoms. The molecular weight excluding hydrogens is 601 g/mol. The number of benzene rings is 2. The Bertz CT molecular complexity index is 840. The maximum Gasteiger partial charge on any atom is 0 e. The van der Waals surface area contributed by atoms with Gasteiger partial charge in [0.05, 0.1) is 0 Å². The molecular formula is C36H66P2Pd. The molecule has 0 radical (unpaired) electrons. The predicted molar refractivity (Wildman–Crippen MR) is 187 cm³/mol. The Hall–Kier alpha value is -0.0377. The molecule has 2 aromatic carbocycles. The molecule has 0 N–H and O–H groups in total. The van der Waals surface area contributed by atoms with Crippen LogP contribution in [-0.4, -0.2) is 30.9 Å². The van der Waals surface area contributed by atoms with E-state index in [0.717, 1.165) is 0 Å². The third-order valence-electron chi connectivity index (χ3n) is 9.16. The van der Waals surface area contributed by atoms with Gasteiger partial charge >= 0.3 is 241 Å². The normalized spacial score (nSPS) is 15.0. The zero-order chi connectivity index (χ0) is 30.2. The van der Waals surface area contributed by atoms with Crippen LogP contribution in [-0.2, 0) is 20.4 Å². The van der Waals surface area contributed by atoms with Gasteiger partial charge in [-0.1, -0.05) is 0 Å². The Kier molecular flexibility index (Phi) is 12.7. The molecule has 0 aromatic heterocycles. The van der Waals surface area contributed by atoms with Crippen LogP contribution in [0.25, 0.3) is 0 Å². The third kappa shape index (κ3) is 7.31. The van der Waals surface area contributed by atoms with E-state index in [0.29, 0.717) is 30.9 Å². The first-order chi connectivity index (χ1) is 16.7. The maximum absolute atomic E-state index is 2.45. The molecule has 230 valence electrons. The van der Waals surface area contributed by atoms with Gasteiger partial charge in [-0.25, -0.2) is 0 Å². The summed E-state index contributed by atoms with van der Waals surface area (Å²) >= 11 is 0. The van der Waals surface area contributed by atoms with Crippen LogP contribution < -0.4 is 10.6 Å². The summed E-state index contributed by atoms with van der Waals surface area (Å²) < 4.78 is 0. The Labute approximate surface area is 260 Å². The van der Waals surface area contributed by atoms with Crippen molar-refractivity contribution in [3.05, 3.63) is 60.7 Å². The molecule has 0 nitrogen and oxygen atoms in total. The SMILES string of the molecule is CC(C)(C)[PH](c1ccccc1)(C(C)(C)C)C(C)(C)C.CC(C)(C)[PH](c1ccccc1)(C(C)(C)C)C(C)(C)C.[Pd]. The average Bonchev–Trinajstić information content (AvgIpc) is 2.64. The van der Waals surface area contributed by atoms with Crippen LogP contribution in [0.5, 0.6) is 0 Å². The minimum absolute atomic E-state index is 0. The van der Waals surface area contributed by atoms with E-state index >= 15 is 0 Å². The quantitative estimate of drug-likeness (QED) is 0.221. The molecule has 0 fully saturated rings. The van der Waals surface area contributed by atoms with Crippen molar-refractivity contribution in [2.45, 2.75) is 156 Å². The van der Waals surface area contributed by atoms with Gasteiger partial charge in [-0.3, -0.25) is 0 Å². The van der Waals surface area contributed by atoms with Crippen LogP contribution in [0.3, 0.4) is 0 Å². The van der Waals surface area contributed by atoms with Gasteiger partial charge in [0, 0.05) is 20.4 Å². The Morgan fingerprint density at radius 1 is 0.308 bits per heavy atom. The van der Waals surface area contributed by atoms with Gasteiger partial charge in [-0.2, -0.15) is 0 Å². The van der Waals surface area contributed by atoms with Crippen molar-refractivity contribution in [2.24, 2.45) is 0 Å². The van der Waals surface area contributed by atoms with Crippen molar-refractivity contribution in [2.75, 3.05) is 0 Å². The van der Waals surface area contributed by atoms with Gasteiger partial charge < -0.3 is 0 Å². The van der Waals surface area contributed by atoms with Crippen molar-refractivity contribution in [1.82, 2.24) is 0 Å². The zero-order valence-electron chi connectivity index (χ0n) is 29.1. The second-order valence-corrected chi connectivity index (χ2v) is 30.9. The largest absolute Gasteiger partial charge is 0 e. The fourth-order valence-electron chi connectivity index (χ4n) is 10.7. The van der Waals surface area contributed by atoms with Gasteiger partial charge in [0.2, 0.25) is 0 Å². The second kappa shape index (κ2) is 12.7. The van der Waals surface area contributed by atoms with E-state index < -0.39 is 14.5 Å². The van der Waals surface area contributed by atoms with Gasteiger partial charge in [0.15, 0.2) is 0 Å². The van der Waals surface area contributed by atoms with Crippen LogP contribution in [0.4, 0.5) is 0 Å². The minimum atomic E-state index is -1.78. The van der Waals surface area contributed by atoms with Crippen molar-refractivity contribution in [3.8, 4) is 0 Å². The second-order valence-electron chi connectivity index (χ2n) is 17.7. The first-order valence-electron chi connectivity index (χ1n) is 14.8. The van der Waals surface area contributed by atoms with Crippen LogP contribution in [0.2, 0.25) is 0 Å². The molecule has 2 aromatic rings. The summed E-state index contributed by atoms with van der Waals surface area (Å²) in [5.74, 6) is 0. The van der Waals surface area contributed by atoms with E-state index in [1.165, 1.54) is 0 Å². The summed E-state index contributed by atoms with van der Waals surface area (Å²) in [6.07, 6.45) is 0. The molecule has 0 spiro atoms. The summed E-state index contributed by atoms with van der Waals surface area (Å²) in [5.41, 5.74) is 0. The molecule has 0 aliphatic rings. The Morgan fingerprint density at radius 3 is 0.590 bits per heavy atom. The molecule has 0 saturated heterocycles. The van der Waals surface area contributed by atoms with E-state index in [4.69, 9.17) is 0 Å². The van der Waals surface area contributed by atoms with Crippen LogP contribution >= 0.6 is 14.5 Å². The Balaban J connectivity index is 0.000000722. The van der Waals surface area contributed by atoms with Crippen molar-refractivity contribution >= 4 is 25.1 Å². The van der Waals surface area contributed by atoms with E-state index in [2.05, 4.69) is 185 Å². The average molecular weight is 667 g/mol. The summed E-state index contributed by atoms with van der Waals surface area (Å²) in [6, 6.07) is 22.6. The number of hydrogen-bond donors (Lipinski definition) is 0. The van der Waals surface area contributed by atoms with E-state index in [-0.39, 0.29) is 20.4 Å². The van der Waals surface area contributed by atoms with E-state index in [9.17, 15) is 0 Å². The van der Waals surface area contributed by atoms with Crippen molar-refractivity contribution in [1.29, 1.82) is 0 Å². The van der Waals surface area contributed by atoms with Crippen LogP contribution in [0.15, 0.2) is 60.7 Å². The van der Waals surface area contributed by atoms with Crippen molar-refractivity contribution < 1.29 is 20.4 Å². The monoisotopic (exact) mass is 666 g/mol. The summed E-state index contributed by atoms with van der Waals surface area (Å²) in [7, 11) is -3.55. The first-order valence-corrected chi connectivity index (χ1v) is 18.8. The summed E-state index contributed by atoms with van der Waals surface area (Å²) in [4.78, 5) is 0. The molecule has 0 bridgehead atoms. The molecule has 0 aliphatic heterocycles. The van der Waals surface area contributed by atoms with Gasteiger partial charge in [0.25, 0.3) is 0 Å². The van der Waals surface area contributed by atoms with Crippen molar-refractivity contribution in [3.63, 3.8) is 0 Å². The molecule has 0 amide bonds. The predicted octanol–water partition coefficient (Wildman–Crippen LogP) is 10.9. The van der Waals surface area contributed by atoms with Gasteiger partial charge in [-0.15, -0.1) is 0 Å². The molecule has 2 rings (SSSR count). The molecule has 0 saturated carbocycles. The van der Waals surface area contributed by atoms with Gasteiger partial charge in [-0.05, 0) is 0 Å². The number of hydrogen-bond acceptors (Lipinski definition) is 0. The molecule has 0 atom stereocenters. The van der Waals surface area contributed by atoms with E-state index in [1.54, 1.807) is 10.6 Å². The van der Waals surface area contributed by atoms with Gasteiger partial charge in [0.1, 0.15) is 0 Å². The first kappa shape index (κ1) is 39.0.